The minimum Gasteiger partial charge on any atom is -0.481 e. The maximum absolute atomic E-state index is 5.07. The minimum absolute atomic E-state index is 0.619. The topological polar surface area (TPSA) is 35.0 Å². The normalized spacial score (nSPS) is 10.0. The molecule has 3 nitrogen and oxygen atoms in total. The molecule has 0 aromatic carbocycles. The highest BCUT2D eigenvalue weighted by molar-refractivity contribution is 5.63. The predicted octanol–water partition coefficient (Wildman–Crippen LogP) is 2.46. The second-order valence-corrected chi connectivity index (χ2v) is 3.28. The maximum Gasteiger partial charge on any atom is 0.213 e. The van der Waals surface area contributed by atoms with Crippen molar-refractivity contribution >= 4 is 0 Å². The van der Waals surface area contributed by atoms with E-state index in [1.807, 2.05) is 37.4 Å². The van der Waals surface area contributed by atoms with Gasteiger partial charge in [0.15, 0.2) is 0 Å². The van der Waals surface area contributed by atoms with Crippen LogP contribution in [0.1, 0.15) is 5.69 Å². The van der Waals surface area contributed by atoms with Crippen LogP contribution in [0.4, 0.5) is 0 Å². The summed E-state index contributed by atoms with van der Waals surface area (Å²) in [5.41, 5.74) is 3.15. The lowest BCUT2D eigenvalue weighted by Gasteiger charge is -2.03. The van der Waals surface area contributed by atoms with E-state index in [0.717, 1.165) is 16.8 Å². The average Bonchev–Trinajstić information content (AvgIpc) is 2.30. The first-order chi connectivity index (χ1) is 7.29. The third-order valence-electron chi connectivity index (χ3n) is 2.19. The summed E-state index contributed by atoms with van der Waals surface area (Å²) >= 11 is 0. The lowest BCUT2D eigenvalue weighted by molar-refractivity contribution is 0.398. The van der Waals surface area contributed by atoms with Gasteiger partial charge in [0.25, 0.3) is 0 Å². The highest BCUT2D eigenvalue weighted by atomic mass is 16.5. The smallest absolute Gasteiger partial charge is 0.213 e. The Hall–Kier alpha value is -1.90. The standard InChI is InChI=1S/C12H12N2O/c1-9-3-4-11(8-14-9)10-5-6-13-12(7-10)15-2/h3-8H,1-2H3. The zero-order valence-electron chi connectivity index (χ0n) is 8.77. The van der Waals surface area contributed by atoms with Crippen LogP contribution in [0, 0.1) is 6.92 Å². The van der Waals surface area contributed by atoms with E-state index in [9.17, 15) is 0 Å². The number of rotatable bonds is 2. The molecular weight excluding hydrogens is 188 g/mol. The van der Waals surface area contributed by atoms with Crippen LogP contribution in [0.25, 0.3) is 11.1 Å². The Morgan fingerprint density at radius 1 is 1.07 bits per heavy atom. The van der Waals surface area contributed by atoms with Crippen LogP contribution >= 0.6 is 0 Å². The molecule has 0 radical (unpaired) electrons. The van der Waals surface area contributed by atoms with Crippen molar-refractivity contribution in [2.45, 2.75) is 6.92 Å². The van der Waals surface area contributed by atoms with E-state index in [0.29, 0.717) is 5.88 Å². The van der Waals surface area contributed by atoms with E-state index < -0.39 is 0 Å². The van der Waals surface area contributed by atoms with Crippen LogP contribution in [0.15, 0.2) is 36.7 Å². The van der Waals surface area contributed by atoms with E-state index in [1.54, 1.807) is 13.3 Å². The molecule has 0 amide bonds. The molecule has 2 heterocycles. The molecule has 3 heteroatoms. The van der Waals surface area contributed by atoms with E-state index in [2.05, 4.69) is 9.97 Å². The number of ether oxygens (including phenoxy) is 1. The van der Waals surface area contributed by atoms with Gasteiger partial charge >= 0.3 is 0 Å². The third kappa shape index (κ3) is 2.13. The fraction of sp³-hybridized carbons (Fsp3) is 0.167. The number of aryl methyl sites for hydroxylation is 1. The van der Waals surface area contributed by atoms with Crippen molar-refractivity contribution in [2.75, 3.05) is 7.11 Å². The molecule has 2 rings (SSSR count). The fourth-order valence-corrected chi connectivity index (χ4v) is 1.34. The molecule has 0 aliphatic rings. The lowest BCUT2D eigenvalue weighted by Crippen LogP contribution is -1.88. The monoisotopic (exact) mass is 200 g/mol. The second-order valence-electron chi connectivity index (χ2n) is 3.28. The van der Waals surface area contributed by atoms with Crippen molar-refractivity contribution in [3.05, 3.63) is 42.4 Å². The number of hydrogen-bond acceptors (Lipinski definition) is 3. The molecule has 0 spiro atoms. The molecule has 0 unspecified atom stereocenters. The van der Waals surface area contributed by atoms with Gasteiger partial charge in [-0.25, -0.2) is 4.98 Å². The van der Waals surface area contributed by atoms with Crippen LogP contribution in [0.3, 0.4) is 0 Å². The van der Waals surface area contributed by atoms with Crippen molar-refractivity contribution in [3.63, 3.8) is 0 Å². The van der Waals surface area contributed by atoms with Crippen molar-refractivity contribution in [2.24, 2.45) is 0 Å². The zero-order valence-corrected chi connectivity index (χ0v) is 8.77. The van der Waals surface area contributed by atoms with Crippen LogP contribution in [0.2, 0.25) is 0 Å². The number of pyridine rings is 2. The van der Waals surface area contributed by atoms with E-state index in [1.165, 1.54) is 0 Å². The Balaban J connectivity index is 2.40. The fourth-order valence-electron chi connectivity index (χ4n) is 1.34. The number of hydrogen-bond donors (Lipinski definition) is 0. The predicted molar refractivity (Wildman–Crippen MR) is 58.8 cm³/mol. The lowest BCUT2D eigenvalue weighted by atomic mass is 10.1. The van der Waals surface area contributed by atoms with Crippen molar-refractivity contribution in [1.82, 2.24) is 9.97 Å². The van der Waals surface area contributed by atoms with Gasteiger partial charge in [0, 0.05) is 29.7 Å². The summed E-state index contributed by atoms with van der Waals surface area (Å²) in [4.78, 5) is 8.31. The van der Waals surface area contributed by atoms with Crippen LogP contribution < -0.4 is 4.74 Å². The van der Waals surface area contributed by atoms with Crippen molar-refractivity contribution in [3.8, 4) is 17.0 Å². The van der Waals surface area contributed by atoms with Gasteiger partial charge in [0.1, 0.15) is 0 Å². The van der Waals surface area contributed by atoms with E-state index >= 15 is 0 Å². The first kappa shape index (κ1) is 9.65. The number of aromatic nitrogens is 2. The molecule has 0 fully saturated rings. The summed E-state index contributed by atoms with van der Waals surface area (Å²) in [5, 5.41) is 0. The first-order valence-electron chi connectivity index (χ1n) is 4.72. The summed E-state index contributed by atoms with van der Waals surface area (Å²) in [5.74, 6) is 0.619. The highest BCUT2D eigenvalue weighted by Crippen LogP contribution is 2.21. The van der Waals surface area contributed by atoms with Gasteiger partial charge < -0.3 is 4.74 Å². The van der Waals surface area contributed by atoms with Gasteiger partial charge in [-0.1, -0.05) is 6.07 Å². The van der Waals surface area contributed by atoms with Gasteiger partial charge in [-0.2, -0.15) is 0 Å². The largest absolute Gasteiger partial charge is 0.481 e. The Labute approximate surface area is 88.8 Å². The molecule has 15 heavy (non-hydrogen) atoms. The number of methoxy groups -OCH3 is 1. The molecule has 2 aromatic rings. The van der Waals surface area contributed by atoms with Gasteiger partial charge in [-0.3, -0.25) is 4.98 Å². The van der Waals surface area contributed by atoms with Crippen LogP contribution in [0.5, 0.6) is 5.88 Å². The third-order valence-corrected chi connectivity index (χ3v) is 2.19. The van der Waals surface area contributed by atoms with Gasteiger partial charge in [-0.15, -0.1) is 0 Å². The molecule has 76 valence electrons. The van der Waals surface area contributed by atoms with E-state index in [4.69, 9.17) is 4.74 Å². The molecule has 0 atom stereocenters. The second kappa shape index (κ2) is 4.09. The van der Waals surface area contributed by atoms with Crippen molar-refractivity contribution in [1.29, 1.82) is 0 Å². The Bertz CT molecular complexity index is 451. The number of nitrogens with zero attached hydrogens (tertiary/aromatic N) is 2. The SMILES string of the molecule is COc1cc(-c2ccc(C)nc2)ccn1. The van der Waals surface area contributed by atoms with Gasteiger partial charge in [0.2, 0.25) is 5.88 Å². The molecule has 0 N–H and O–H groups in total. The molecule has 0 aliphatic carbocycles. The molecule has 0 bridgehead atoms. The summed E-state index contributed by atoms with van der Waals surface area (Å²) in [6.07, 6.45) is 3.58. The summed E-state index contributed by atoms with van der Waals surface area (Å²) < 4.78 is 5.07. The van der Waals surface area contributed by atoms with Gasteiger partial charge in [-0.05, 0) is 24.6 Å². The summed E-state index contributed by atoms with van der Waals surface area (Å²) in [7, 11) is 1.61. The zero-order chi connectivity index (χ0) is 10.7. The Morgan fingerprint density at radius 3 is 2.60 bits per heavy atom. The Morgan fingerprint density at radius 2 is 1.93 bits per heavy atom. The molecule has 0 aliphatic heterocycles. The maximum atomic E-state index is 5.07. The summed E-state index contributed by atoms with van der Waals surface area (Å²) in [6, 6.07) is 7.86. The summed E-state index contributed by atoms with van der Waals surface area (Å²) in [6.45, 7) is 1.97. The molecular formula is C12H12N2O. The van der Waals surface area contributed by atoms with E-state index in [-0.39, 0.29) is 0 Å². The quantitative estimate of drug-likeness (QED) is 0.747. The molecule has 0 saturated carbocycles. The first-order valence-corrected chi connectivity index (χ1v) is 4.72. The van der Waals surface area contributed by atoms with Crippen molar-refractivity contribution < 1.29 is 4.74 Å². The highest BCUT2D eigenvalue weighted by Gasteiger charge is 2.00. The van der Waals surface area contributed by atoms with Crippen LogP contribution in [-0.2, 0) is 0 Å². The Kier molecular flexibility index (Phi) is 2.63. The molecule has 2 aromatic heterocycles. The minimum atomic E-state index is 0.619. The average molecular weight is 200 g/mol. The van der Waals surface area contributed by atoms with Gasteiger partial charge in [0.05, 0.1) is 7.11 Å². The molecule has 0 saturated heterocycles. The van der Waals surface area contributed by atoms with Crippen LogP contribution in [-0.4, -0.2) is 17.1 Å².